The van der Waals surface area contributed by atoms with E-state index in [1.54, 1.807) is 0 Å². The van der Waals surface area contributed by atoms with Crippen LogP contribution in [-0.2, 0) is 19.1 Å². The van der Waals surface area contributed by atoms with Gasteiger partial charge in [-0.25, -0.2) is 4.79 Å². The zero-order valence-electron chi connectivity index (χ0n) is 7.42. The fourth-order valence-electron chi connectivity index (χ4n) is 0.627. The Bertz CT molecular complexity index is 207. The van der Waals surface area contributed by atoms with E-state index in [9.17, 15) is 9.59 Å². The van der Waals surface area contributed by atoms with Gasteiger partial charge in [-0.15, -0.1) is 0 Å². The van der Waals surface area contributed by atoms with Crippen molar-refractivity contribution in [2.24, 2.45) is 5.92 Å². The van der Waals surface area contributed by atoms with E-state index in [1.807, 2.05) is 0 Å². The van der Waals surface area contributed by atoms with Crippen molar-refractivity contribution in [1.82, 2.24) is 0 Å². The minimum atomic E-state index is -0.651. The highest BCUT2D eigenvalue weighted by Gasteiger charge is 2.22. The molecule has 0 spiro atoms. The number of esters is 2. The fraction of sp³-hybridized carbons (Fsp3) is 0.500. The molecule has 0 saturated carbocycles. The van der Waals surface area contributed by atoms with Gasteiger partial charge in [0.2, 0.25) is 0 Å². The number of ether oxygens (including phenoxy) is 2. The van der Waals surface area contributed by atoms with Crippen LogP contribution in [0.3, 0.4) is 0 Å². The second kappa shape index (κ2) is 4.54. The lowest BCUT2D eigenvalue weighted by atomic mass is 10.0. The van der Waals surface area contributed by atoms with E-state index < -0.39 is 17.9 Å². The van der Waals surface area contributed by atoms with Crippen LogP contribution >= 0.6 is 0 Å². The summed E-state index contributed by atoms with van der Waals surface area (Å²) in [5, 5.41) is 0. The summed E-state index contributed by atoms with van der Waals surface area (Å²) in [4.78, 5) is 21.7. The number of hydrogen-bond acceptors (Lipinski definition) is 4. The zero-order chi connectivity index (χ0) is 9.72. The molecule has 0 aliphatic rings. The normalized spacial score (nSPS) is 11.6. The van der Waals surface area contributed by atoms with Crippen molar-refractivity contribution in [3.63, 3.8) is 0 Å². The first-order valence-electron chi connectivity index (χ1n) is 3.39. The van der Waals surface area contributed by atoms with E-state index in [2.05, 4.69) is 16.1 Å². The van der Waals surface area contributed by atoms with Crippen molar-refractivity contribution in [3.05, 3.63) is 12.2 Å². The van der Waals surface area contributed by atoms with Crippen molar-refractivity contribution < 1.29 is 19.1 Å². The molecule has 0 aromatic rings. The van der Waals surface area contributed by atoms with E-state index in [0.29, 0.717) is 0 Å². The van der Waals surface area contributed by atoms with Crippen LogP contribution < -0.4 is 0 Å². The van der Waals surface area contributed by atoms with Crippen LogP contribution in [-0.4, -0.2) is 26.2 Å². The Morgan fingerprint density at radius 2 is 1.75 bits per heavy atom. The first kappa shape index (κ1) is 10.7. The average Bonchev–Trinajstić information content (AvgIpc) is 2.12. The maximum absolute atomic E-state index is 10.9. The summed E-state index contributed by atoms with van der Waals surface area (Å²) in [6.07, 6.45) is 0. The van der Waals surface area contributed by atoms with Gasteiger partial charge in [0.05, 0.1) is 20.1 Å². The standard InChI is InChI=1S/C8H12O4/c1-5(7(9)11-3)6(2)8(10)12-4/h6H,1H2,2-4H3. The van der Waals surface area contributed by atoms with Crippen LogP contribution in [0.25, 0.3) is 0 Å². The van der Waals surface area contributed by atoms with Gasteiger partial charge >= 0.3 is 11.9 Å². The Hall–Kier alpha value is -1.32. The summed E-state index contributed by atoms with van der Waals surface area (Å²) in [5.41, 5.74) is 0.101. The molecule has 0 aromatic heterocycles. The first-order valence-corrected chi connectivity index (χ1v) is 3.39. The molecule has 0 bridgehead atoms. The lowest BCUT2D eigenvalue weighted by molar-refractivity contribution is -0.146. The van der Waals surface area contributed by atoms with E-state index in [1.165, 1.54) is 21.1 Å². The van der Waals surface area contributed by atoms with Crippen molar-refractivity contribution in [2.45, 2.75) is 6.92 Å². The maximum Gasteiger partial charge on any atom is 0.333 e. The number of methoxy groups -OCH3 is 2. The van der Waals surface area contributed by atoms with E-state index >= 15 is 0 Å². The summed E-state index contributed by atoms with van der Waals surface area (Å²) < 4.78 is 8.80. The third-order valence-electron chi connectivity index (χ3n) is 1.53. The Balaban J connectivity index is 4.29. The number of rotatable bonds is 3. The lowest BCUT2D eigenvalue weighted by Gasteiger charge is -2.09. The van der Waals surface area contributed by atoms with E-state index in [4.69, 9.17) is 0 Å². The second-order valence-corrected chi connectivity index (χ2v) is 2.26. The summed E-state index contributed by atoms with van der Waals surface area (Å²) in [7, 11) is 2.49. The van der Waals surface area contributed by atoms with Gasteiger partial charge in [-0.1, -0.05) is 6.58 Å². The van der Waals surface area contributed by atoms with Gasteiger partial charge in [-0.2, -0.15) is 0 Å². The topological polar surface area (TPSA) is 52.6 Å². The number of hydrogen-bond donors (Lipinski definition) is 0. The fourth-order valence-corrected chi connectivity index (χ4v) is 0.627. The number of carbonyl (C=O) groups is 2. The Morgan fingerprint density at radius 3 is 2.08 bits per heavy atom. The molecular formula is C8H12O4. The van der Waals surface area contributed by atoms with Gasteiger partial charge in [-0.3, -0.25) is 4.79 Å². The quantitative estimate of drug-likeness (QED) is 0.460. The molecule has 0 aliphatic heterocycles. The molecule has 0 fully saturated rings. The molecule has 0 saturated heterocycles. The predicted molar refractivity (Wildman–Crippen MR) is 42.3 cm³/mol. The third kappa shape index (κ3) is 2.38. The molecule has 68 valence electrons. The SMILES string of the molecule is C=C(C(=O)OC)C(C)C(=O)OC. The van der Waals surface area contributed by atoms with Gasteiger partial charge in [-0.05, 0) is 6.92 Å². The second-order valence-electron chi connectivity index (χ2n) is 2.26. The molecule has 0 heterocycles. The summed E-state index contributed by atoms with van der Waals surface area (Å²) in [6.45, 7) is 4.95. The monoisotopic (exact) mass is 172 g/mol. The minimum Gasteiger partial charge on any atom is -0.469 e. The highest BCUT2D eigenvalue weighted by molar-refractivity contribution is 5.94. The van der Waals surface area contributed by atoms with Crippen LogP contribution in [0.4, 0.5) is 0 Å². The molecule has 1 unspecified atom stereocenters. The van der Waals surface area contributed by atoms with E-state index in [-0.39, 0.29) is 5.57 Å². The molecule has 1 atom stereocenters. The molecule has 4 heteroatoms. The smallest absolute Gasteiger partial charge is 0.333 e. The van der Waals surface area contributed by atoms with Crippen LogP contribution in [0.2, 0.25) is 0 Å². The average molecular weight is 172 g/mol. The Labute approximate surface area is 71.2 Å². The van der Waals surface area contributed by atoms with Crippen molar-refractivity contribution in [2.75, 3.05) is 14.2 Å². The molecular weight excluding hydrogens is 160 g/mol. The van der Waals surface area contributed by atoms with Gasteiger partial charge < -0.3 is 9.47 Å². The summed E-state index contributed by atoms with van der Waals surface area (Å²) in [5.74, 6) is -1.74. The Morgan fingerprint density at radius 1 is 1.25 bits per heavy atom. The highest BCUT2D eigenvalue weighted by atomic mass is 16.5. The van der Waals surface area contributed by atoms with Gasteiger partial charge in [0.15, 0.2) is 0 Å². The van der Waals surface area contributed by atoms with Gasteiger partial charge in [0.1, 0.15) is 0 Å². The Kier molecular flexibility index (Phi) is 4.04. The largest absolute Gasteiger partial charge is 0.469 e. The van der Waals surface area contributed by atoms with Crippen molar-refractivity contribution >= 4 is 11.9 Å². The third-order valence-corrected chi connectivity index (χ3v) is 1.53. The van der Waals surface area contributed by atoms with Crippen LogP contribution in [0.5, 0.6) is 0 Å². The molecule has 0 aliphatic carbocycles. The van der Waals surface area contributed by atoms with Crippen molar-refractivity contribution in [1.29, 1.82) is 0 Å². The van der Waals surface area contributed by atoms with E-state index in [0.717, 1.165) is 0 Å². The highest BCUT2D eigenvalue weighted by Crippen LogP contribution is 2.10. The molecule has 4 nitrogen and oxygen atoms in total. The maximum atomic E-state index is 10.9. The lowest BCUT2D eigenvalue weighted by Crippen LogP contribution is -2.20. The summed E-state index contributed by atoms with van der Waals surface area (Å²) >= 11 is 0. The molecule has 0 radical (unpaired) electrons. The predicted octanol–water partition coefficient (Wildman–Crippen LogP) is 0.525. The van der Waals surface area contributed by atoms with Gasteiger partial charge in [0.25, 0.3) is 0 Å². The first-order chi connectivity index (χ1) is 5.54. The molecule has 0 amide bonds. The van der Waals surface area contributed by atoms with Gasteiger partial charge in [0, 0.05) is 5.57 Å². The van der Waals surface area contributed by atoms with Crippen LogP contribution in [0.1, 0.15) is 6.92 Å². The zero-order valence-corrected chi connectivity index (χ0v) is 7.42. The summed E-state index contributed by atoms with van der Waals surface area (Å²) in [6, 6.07) is 0. The van der Waals surface area contributed by atoms with Crippen molar-refractivity contribution in [3.8, 4) is 0 Å². The molecule has 0 N–H and O–H groups in total. The number of carbonyl (C=O) groups excluding carboxylic acids is 2. The molecule has 0 aromatic carbocycles. The minimum absolute atomic E-state index is 0.101. The van der Waals surface area contributed by atoms with Crippen LogP contribution in [0, 0.1) is 5.92 Å². The van der Waals surface area contributed by atoms with Crippen LogP contribution in [0.15, 0.2) is 12.2 Å². The molecule has 0 rings (SSSR count). The molecule has 12 heavy (non-hydrogen) atoms.